The molecule has 1 aliphatic heterocycles. The van der Waals surface area contributed by atoms with E-state index in [1.807, 2.05) is 48.5 Å². The smallest absolute Gasteiger partial charge is 0.130 e. The van der Waals surface area contributed by atoms with E-state index in [9.17, 15) is 0 Å². The van der Waals surface area contributed by atoms with Crippen LogP contribution in [0, 0.1) is 0 Å². The van der Waals surface area contributed by atoms with Crippen molar-refractivity contribution in [2.24, 2.45) is 0 Å². The minimum absolute atomic E-state index is 0.106. The quantitative estimate of drug-likeness (QED) is 0.301. The molecule has 0 N–H and O–H groups in total. The van der Waals surface area contributed by atoms with E-state index in [1.165, 1.54) is 5.56 Å². The molecule has 1 fully saturated rings. The molecular weight excluding hydrogens is 454 g/mol. The van der Waals surface area contributed by atoms with Gasteiger partial charge in [0.25, 0.3) is 0 Å². The summed E-state index contributed by atoms with van der Waals surface area (Å²) in [4.78, 5) is 9.58. The molecule has 5 rings (SSSR count). The lowest BCUT2D eigenvalue weighted by Crippen LogP contribution is -2.46. The van der Waals surface area contributed by atoms with Crippen molar-refractivity contribution in [1.82, 2.24) is 14.8 Å². The molecule has 1 aromatic heterocycles. The largest absolute Gasteiger partial charge is 0.487 e. The van der Waals surface area contributed by atoms with Gasteiger partial charge in [0.15, 0.2) is 0 Å². The zero-order chi connectivity index (χ0) is 24.2. The van der Waals surface area contributed by atoms with E-state index in [0.29, 0.717) is 6.61 Å². The summed E-state index contributed by atoms with van der Waals surface area (Å²) in [5.41, 5.74) is 5.30. The summed E-state index contributed by atoms with van der Waals surface area (Å²) in [6, 6.07) is 28.7. The third-order valence-electron chi connectivity index (χ3n) is 6.69. The molecule has 0 radical (unpaired) electrons. The van der Waals surface area contributed by atoms with Crippen LogP contribution in [0.5, 0.6) is 5.75 Å². The van der Waals surface area contributed by atoms with Crippen molar-refractivity contribution in [2.45, 2.75) is 12.6 Å². The Morgan fingerprint density at radius 3 is 2.37 bits per heavy atom. The lowest BCUT2D eigenvalue weighted by atomic mass is 9.92. The van der Waals surface area contributed by atoms with E-state index in [-0.39, 0.29) is 6.04 Å². The van der Waals surface area contributed by atoms with Crippen molar-refractivity contribution in [1.29, 1.82) is 0 Å². The summed E-state index contributed by atoms with van der Waals surface area (Å²) >= 11 is 6.18. The van der Waals surface area contributed by atoms with Gasteiger partial charge >= 0.3 is 0 Å². The average molecular weight is 484 g/mol. The molecule has 0 saturated carbocycles. The van der Waals surface area contributed by atoms with Crippen LogP contribution in [0.25, 0.3) is 16.5 Å². The van der Waals surface area contributed by atoms with Crippen LogP contribution in [0.3, 0.4) is 0 Å². The first kappa shape index (κ1) is 23.6. The number of likely N-dealkylation sites (N-methyl/N-ethyl adjacent to an activating group) is 1. The summed E-state index contributed by atoms with van der Waals surface area (Å²) in [5.74, 6) is 0.819. The SMILES string of the molecule is C=C(c1ccc(OCc2ccc3ccccc3n2)cc1)C(c1ccc(Cl)cc1)N1CCN(C)CC1. The topological polar surface area (TPSA) is 28.6 Å². The molecule has 5 heteroatoms. The van der Waals surface area contributed by atoms with Crippen LogP contribution in [0.4, 0.5) is 0 Å². The molecule has 4 nitrogen and oxygen atoms in total. The predicted octanol–water partition coefficient (Wildman–Crippen LogP) is 6.47. The molecule has 3 aromatic carbocycles. The van der Waals surface area contributed by atoms with Crippen LogP contribution in [-0.4, -0.2) is 48.0 Å². The lowest BCUT2D eigenvalue weighted by molar-refractivity contribution is 0.134. The fourth-order valence-corrected chi connectivity index (χ4v) is 4.75. The summed E-state index contributed by atoms with van der Waals surface area (Å²) in [7, 11) is 2.18. The molecule has 0 spiro atoms. The molecule has 1 saturated heterocycles. The Kier molecular flexibility index (Phi) is 7.14. The standard InChI is InChI=1S/C30H30ClN3O/c1-22(30(25-7-12-26(31)13-8-25)34-19-17-33(2)18-20-34)23-10-15-28(16-11-23)35-21-27-14-9-24-5-3-4-6-29(24)32-27/h3-16,30H,1,17-21H2,2H3. The van der Waals surface area contributed by atoms with Crippen LogP contribution in [0.1, 0.15) is 22.9 Å². The Labute approximate surface area is 212 Å². The van der Waals surface area contributed by atoms with E-state index in [4.69, 9.17) is 21.3 Å². The summed E-state index contributed by atoms with van der Waals surface area (Å²) < 4.78 is 6.04. The first-order valence-corrected chi connectivity index (χ1v) is 12.4. The summed E-state index contributed by atoms with van der Waals surface area (Å²) in [6.07, 6.45) is 0. The minimum atomic E-state index is 0.106. The Bertz CT molecular complexity index is 1300. The normalized spacial score (nSPS) is 15.7. The maximum Gasteiger partial charge on any atom is 0.130 e. The molecule has 2 heterocycles. The van der Waals surface area contributed by atoms with Crippen molar-refractivity contribution in [3.63, 3.8) is 0 Å². The van der Waals surface area contributed by atoms with Gasteiger partial charge in [-0.15, -0.1) is 0 Å². The van der Waals surface area contributed by atoms with E-state index in [2.05, 4.69) is 59.8 Å². The first-order valence-electron chi connectivity index (χ1n) is 12.0. The molecule has 1 aliphatic rings. The van der Waals surface area contributed by atoms with E-state index in [1.54, 1.807) is 0 Å². The molecule has 0 bridgehead atoms. The van der Waals surface area contributed by atoms with Crippen LogP contribution < -0.4 is 4.74 Å². The number of piperazine rings is 1. The molecule has 178 valence electrons. The number of nitrogens with zero attached hydrogens (tertiary/aromatic N) is 3. The van der Waals surface area contributed by atoms with Gasteiger partial charge < -0.3 is 9.64 Å². The van der Waals surface area contributed by atoms with E-state index >= 15 is 0 Å². The molecule has 1 atom stereocenters. The van der Waals surface area contributed by atoms with E-state index < -0.39 is 0 Å². The predicted molar refractivity (Wildman–Crippen MR) is 145 cm³/mol. The van der Waals surface area contributed by atoms with Gasteiger partial charge in [-0.2, -0.15) is 0 Å². The van der Waals surface area contributed by atoms with Gasteiger partial charge in [0, 0.05) is 36.6 Å². The van der Waals surface area contributed by atoms with Gasteiger partial charge in [0.1, 0.15) is 12.4 Å². The van der Waals surface area contributed by atoms with Gasteiger partial charge in [-0.1, -0.05) is 66.7 Å². The fourth-order valence-electron chi connectivity index (χ4n) is 4.63. The number of aromatic nitrogens is 1. The highest BCUT2D eigenvalue weighted by atomic mass is 35.5. The Hall–Kier alpha value is -3.18. The Morgan fingerprint density at radius 2 is 1.63 bits per heavy atom. The van der Waals surface area contributed by atoms with Crippen molar-refractivity contribution in [2.75, 3.05) is 33.2 Å². The highest BCUT2D eigenvalue weighted by molar-refractivity contribution is 6.30. The number of fused-ring (bicyclic) bond motifs is 1. The Morgan fingerprint density at radius 1 is 0.914 bits per heavy atom. The van der Waals surface area contributed by atoms with Gasteiger partial charge in [0.2, 0.25) is 0 Å². The van der Waals surface area contributed by atoms with E-state index in [0.717, 1.165) is 64.7 Å². The molecule has 4 aromatic rings. The van der Waals surface area contributed by atoms with Crippen LogP contribution in [0.2, 0.25) is 5.02 Å². The van der Waals surface area contributed by atoms with Gasteiger partial charge in [-0.25, -0.2) is 4.98 Å². The number of ether oxygens (including phenoxy) is 1. The Balaban J connectivity index is 1.31. The second-order valence-corrected chi connectivity index (χ2v) is 9.56. The average Bonchev–Trinajstić information content (AvgIpc) is 2.90. The lowest BCUT2D eigenvalue weighted by Gasteiger charge is -2.39. The molecule has 35 heavy (non-hydrogen) atoms. The third-order valence-corrected chi connectivity index (χ3v) is 6.94. The number of hydrogen-bond acceptors (Lipinski definition) is 4. The first-order chi connectivity index (χ1) is 17.1. The molecule has 0 amide bonds. The number of pyridine rings is 1. The maximum atomic E-state index is 6.18. The van der Waals surface area contributed by atoms with Crippen molar-refractivity contribution >= 4 is 28.1 Å². The van der Waals surface area contributed by atoms with Crippen LogP contribution in [0.15, 0.2) is 91.5 Å². The van der Waals surface area contributed by atoms with Crippen molar-refractivity contribution in [3.05, 3.63) is 113 Å². The highest BCUT2D eigenvalue weighted by Gasteiger charge is 2.26. The van der Waals surface area contributed by atoms with Gasteiger partial charge in [0.05, 0.1) is 17.3 Å². The molecule has 1 unspecified atom stereocenters. The number of hydrogen-bond donors (Lipinski definition) is 0. The van der Waals surface area contributed by atoms with Crippen molar-refractivity contribution in [3.8, 4) is 5.75 Å². The second-order valence-electron chi connectivity index (χ2n) is 9.13. The summed E-state index contributed by atoms with van der Waals surface area (Å²) in [5, 5.41) is 1.88. The highest BCUT2D eigenvalue weighted by Crippen LogP contribution is 2.35. The van der Waals surface area contributed by atoms with Gasteiger partial charge in [-0.05, 0) is 60.1 Å². The van der Waals surface area contributed by atoms with Crippen LogP contribution >= 0.6 is 11.6 Å². The third kappa shape index (κ3) is 5.57. The van der Waals surface area contributed by atoms with Crippen LogP contribution in [-0.2, 0) is 6.61 Å². The zero-order valence-corrected chi connectivity index (χ0v) is 20.8. The minimum Gasteiger partial charge on any atom is -0.487 e. The van der Waals surface area contributed by atoms with Crippen molar-refractivity contribution < 1.29 is 4.74 Å². The number of rotatable bonds is 7. The number of benzene rings is 3. The number of para-hydroxylation sites is 1. The second kappa shape index (κ2) is 10.6. The van der Waals surface area contributed by atoms with Gasteiger partial charge in [-0.3, -0.25) is 4.90 Å². The summed E-state index contributed by atoms with van der Waals surface area (Å²) in [6.45, 7) is 9.06. The number of halogens is 1. The fraction of sp³-hybridized carbons (Fsp3) is 0.233. The monoisotopic (exact) mass is 483 g/mol. The molecule has 0 aliphatic carbocycles. The molecular formula is C30H30ClN3O. The zero-order valence-electron chi connectivity index (χ0n) is 20.0. The maximum absolute atomic E-state index is 6.18.